The van der Waals surface area contributed by atoms with Crippen LogP contribution < -0.4 is 30.2 Å². The number of hydrogen-bond acceptors (Lipinski definition) is 6. The van der Waals surface area contributed by atoms with Gasteiger partial charge < -0.3 is 19.6 Å². The summed E-state index contributed by atoms with van der Waals surface area (Å²) in [6.07, 6.45) is 0. The standard InChI is InChI=1S/2C6H7O3P.Ca/c2*7-10(8,9)6-4-2-1-3-5-6;/h2*1-5H,(H2,7,8,9);/q;;+2/p-2. The first-order valence-electron chi connectivity index (χ1n) is 5.40. The molecule has 0 heterocycles. The molecule has 2 rings (SSSR count). The maximum Gasteiger partial charge on any atom is 2.00 e. The molecule has 0 aliphatic carbocycles. The van der Waals surface area contributed by atoms with E-state index >= 15 is 0 Å². The van der Waals surface area contributed by atoms with Gasteiger partial charge in [-0.05, 0) is 24.3 Å². The van der Waals surface area contributed by atoms with E-state index in [-0.39, 0.29) is 48.3 Å². The van der Waals surface area contributed by atoms with E-state index in [4.69, 9.17) is 9.79 Å². The van der Waals surface area contributed by atoms with Crippen LogP contribution in [0.25, 0.3) is 0 Å². The predicted molar refractivity (Wildman–Crippen MR) is 76.2 cm³/mol. The maximum absolute atomic E-state index is 10.5. The Morgan fingerprint density at radius 2 is 0.952 bits per heavy atom. The van der Waals surface area contributed by atoms with Crippen LogP contribution in [0.5, 0.6) is 0 Å². The quantitative estimate of drug-likeness (QED) is 0.442. The molecule has 0 aliphatic heterocycles. The number of benzene rings is 2. The van der Waals surface area contributed by atoms with Gasteiger partial charge in [0.1, 0.15) is 5.30 Å². The van der Waals surface area contributed by atoms with Gasteiger partial charge in [-0.15, -0.1) is 7.94 Å². The van der Waals surface area contributed by atoms with Gasteiger partial charge in [0.15, 0.2) is 0 Å². The Kier molecular flexibility index (Phi) is 9.60. The Hall–Kier alpha value is 0.320. The van der Waals surface area contributed by atoms with Crippen molar-refractivity contribution < 1.29 is 29.4 Å². The first-order valence-corrected chi connectivity index (χ1v) is 8.55. The fourth-order valence-electron chi connectivity index (χ4n) is 1.23. The summed E-state index contributed by atoms with van der Waals surface area (Å²) in [6.45, 7) is 0. The van der Waals surface area contributed by atoms with Crippen molar-refractivity contribution in [2.24, 2.45) is 0 Å². The van der Waals surface area contributed by atoms with Crippen LogP contribution in [0.3, 0.4) is 0 Å². The zero-order chi connectivity index (χ0) is 15.2. The van der Waals surface area contributed by atoms with Crippen molar-refractivity contribution in [2.45, 2.75) is 0 Å². The molecule has 108 valence electrons. The third kappa shape index (κ3) is 8.50. The summed E-state index contributed by atoms with van der Waals surface area (Å²) in [5.41, 5.74) is 0. The van der Waals surface area contributed by atoms with E-state index in [0.29, 0.717) is 0 Å². The molecule has 0 aromatic heterocycles. The zero-order valence-corrected chi connectivity index (χ0v) is 14.9. The average Bonchev–Trinajstić information content (AvgIpc) is 2.40. The van der Waals surface area contributed by atoms with Crippen molar-refractivity contribution in [1.82, 2.24) is 0 Å². The molecule has 9 heteroatoms. The second kappa shape index (κ2) is 9.46. The Balaban J connectivity index is 0.000000364. The minimum Gasteiger partial charge on any atom is -0.684 e. The first kappa shape index (κ1) is 21.3. The molecule has 0 spiro atoms. The molecule has 0 radical (unpaired) electrons. The summed E-state index contributed by atoms with van der Waals surface area (Å²) in [5.74, 6) is 0. The Morgan fingerprint density at radius 1 is 0.619 bits per heavy atom. The van der Waals surface area contributed by atoms with Crippen LogP contribution in [-0.4, -0.2) is 47.5 Å². The molecule has 0 saturated heterocycles. The van der Waals surface area contributed by atoms with E-state index in [0.717, 1.165) is 0 Å². The molecule has 2 N–H and O–H groups in total. The van der Waals surface area contributed by atoms with Crippen LogP contribution in [0.15, 0.2) is 60.7 Å². The van der Waals surface area contributed by atoms with Crippen LogP contribution >= 0.6 is 15.9 Å². The van der Waals surface area contributed by atoms with Crippen molar-refractivity contribution in [3.05, 3.63) is 60.7 Å². The summed E-state index contributed by atoms with van der Waals surface area (Å²) in [6, 6.07) is 14.9. The van der Waals surface area contributed by atoms with Crippen molar-refractivity contribution in [1.29, 1.82) is 0 Å². The summed E-state index contributed by atoms with van der Waals surface area (Å²) in [5, 5.41) is -0.0926. The van der Waals surface area contributed by atoms with Gasteiger partial charge in [-0.3, -0.25) is 0 Å². The molecule has 0 amide bonds. The predicted octanol–water partition coefficient (Wildman–Crippen LogP) is -2.81. The van der Waals surface area contributed by atoms with Gasteiger partial charge in [0, 0.05) is 0 Å². The third-order valence-electron chi connectivity index (χ3n) is 2.16. The van der Waals surface area contributed by atoms with Crippen molar-refractivity contribution in [2.75, 3.05) is 0 Å². The van der Waals surface area contributed by atoms with E-state index in [2.05, 4.69) is 0 Å². The van der Waals surface area contributed by atoms with Crippen LogP contribution in [0.1, 0.15) is 0 Å². The molecule has 0 atom stereocenters. The second-order valence-corrected chi connectivity index (χ2v) is 6.83. The largest absolute Gasteiger partial charge is 2.00 e. The molecule has 0 bridgehead atoms. The molecular formula is C12H12CaO6P2. The molecule has 6 nitrogen and oxygen atoms in total. The summed E-state index contributed by atoms with van der Waals surface area (Å²) < 4.78 is 0. The van der Waals surface area contributed by atoms with Gasteiger partial charge in [0.05, 0.1) is 5.30 Å². The van der Waals surface area contributed by atoms with Crippen LogP contribution in [0.2, 0.25) is 0 Å². The number of rotatable bonds is 2. The molecule has 21 heavy (non-hydrogen) atoms. The van der Waals surface area contributed by atoms with Crippen LogP contribution in [0.4, 0.5) is 0 Å². The fourth-order valence-corrected chi connectivity index (χ4v) is 2.33. The molecule has 0 unspecified atom stereocenters. The second-order valence-electron chi connectivity index (χ2n) is 3.71. The Morgan fingerprint density at radius 3 is 1.14 bits per heavy atom. The van der Waals surface area contributed by atoms with Crippen molar-refractivity contribution in [3.63, 3.8) is 0 Å². The van der Waals surface area contributed by atoms with Gasteiger partial charge in [-0.25, -0.2) is 9.79 Å². The molecule has 0 aliphatic rings. The molecule has 0 saturated carbocycles. The van der Waals surface area contributed by atoms with Crippen LogP contribution in [0, 0.1) is 0 Å². The van der Waals surface area contributed by atoms with E-state index in [1.54, 1.807) is 24.3 Å². The molecule has 0 fully saturated rings. The summed E-state index contributed by atoms with van der Waals surface area (Å²) in [4.78, 5) is 58.6. The topological polar surface area (TPSA) is 133 Å². The van der Waals surface area contributed by atoms with Gasteiger partial charge in [0.2, 0.25) is 0 Å². The SMILES string of the molecule is [Ca+2].[O-][P+](O)(O)c1ccccc1.[O-][P+]([O-])([O-])c1ccccc1. The maximum atomic E-state index is 10.5. The van der Waals surface area contributed by atoms with E-state index < -0.39 is 15.9 Å². The van der Waals surface area contributed by atoms with Crippen LogP contribution in [-0.2, 0) is 0 Å². The minimum absolute atomic E-state index is 0. The Labute approximate surface area is 153 Å². The fraction of sp³-hybridized carbons (Fsp3) is 0. The van der Waals surface area contributed by atoms with Gasteiger partial charge >= 0.3 is 37.7 Å². The zero-order valence-electron chi connectivity index (χ0n) is 10.9. The smallest absolute Gasteiger partial charge is 0.684 e. The third-order valence-corrected chi connectivity index (χ3v) is 4.07. The van der Waals surface area contributed by atoms with Gasteiger partial charge in [0.25, 0.3) is 7.94 Å². The van der Waals surface area contributed by atoms with E-state index in [9.17, 15) is 19.6 Å². The Bertz CT molecular complexity index is 463. The van der Waals surface area contributed by atoms with Crippen molar-refractivity contribution in [3.8, 4) is 0 Å². The summed E-state index contributed by atoms with van der Waals surface area (Å²) in [7, 11) is -8.54. The first-order chi connectivity index (χ1) is 9.21. The van der Waals surface area contributed by atoms with E-state index in [1.165, 1.54) is 36.4 Å². The molecule has 2 aromatic carbocycles. The number of hydrogen-bond donors (Lipinski definition) is 2. The normalized spacial score (nSPS) is 11.0. The molecular weight excluding hydrogens is 342 g/mol. The minimum atomic E-state index is -4.52. The summed E-state index contributed by atoms with van der Waals surface area (Å²) >= 11 is 0. The van der Waals surface area contributed by atoms with Crippen molar-refractivity contribution >= 4 is 64.2 Å². The van der Waals surface area contributed by atoms with E-state index in [1.807, 2.05) is 0 Å². The van der Waals surface area contributed by atoms with Gasteiger partial charge in [-0.2, -0.15) is 0 Å². The monoisotopic (exact) mass is 354 g/mol. The van der Waals surface area contributed by atoms with Gasteiger partial charge in [-0.1, -0.05) is 36.4 Å². The average molecular weight is 354 g/mol. The molecule has 2 aromatic rings.